The number of pyridine rings is 2. The highest BCUT2D eigenvalue weighted by Crippen LogP contribution is 2.21. The van der Waals surface area contributed by atoms with Gasteiger partial charge in [0.25, 0.3) is 0 Å². The van der Waals surface area contributed by atoms with Crippen LogP contribution < -0.4 is 11.5 Å². The fraction of sp³-hybridized carbons (Fsp3) is 0.375. The standard InChI is InChI=1S/C9H14N2.C6H7BrN2.CH3I.HI/c1-6(2)9-8(10)7(3)4-5-11-9;1-4-2-3-9-6(7)5(4)8;1-2;/h4-6H,10H2,1-3H3;2-3H,8H2,1H3;1H3;1H. The molecular formula is C16H25BrI2N4. The maximum Gasteiger partial charge on any atom is 0.129 e. The van der Waals surface area contributed by atoms with Gasteiger partial charge in [-0.15, -0.1) is 24.0 Å². The smallest absolute Gasteiger partial charge is 0.129 e. The van der Waals surface area contributed by atoms with Gasteiger partial charge in [-0.1, -0.05) is 36.4 Å². The number of nitrogens with two attached hydrogens (primary N) is 2. The van der Waals surface area contributed by atoms with Gasteiger partial charge in [0.15, 0.2) is 0 Å². The zero-order valence-corrected chi connectivity index (χ0v) is 20.2. The molecule has 4 N–H and O–H groups in total. The molecule has 0 bridgehead atoms. The van der Waals surface area contributed by atoms with Gasteiger partial charge in [-0.3, -0.25) is 4.98 Å². The molecule has 130 valence electrons. The van der Waals surface area contributed by atoms with E-state index in [-0.39, 0.29) is 24.0 Å². The number of nitrogen functional groups attached to an aromatic ring is 2. The van der Waals surface area contributed by atoms with E-state index in [0.29, 0.717) is 5.92 Å². The average Bonchev–Trinajstić information content (AvgIpc) is 2.50. The number of hydrogen-bond donors (Lipinski definition) is 2. The Labute approximate surface area is 178 Å². The highest BCUT2D eigenvalue weighted by atomic mass is 127. The van der Waals surface area contributed by atoms with Crippen molar-refractivity contribution in [3.8, 4) is 0 Å². The van der Waals surface area contributed by atoms with Gasteiger partial charge in [-0.2, -0.15) is 0 Å². The number of rotatable bonds is 1. The van der Waals surface area contributed by atoms with Crippen LogP contribution in [0.15, 0.2) is 29.1 Å². The lowest BCUT2D eigenvalue weighted by Crippen LogP contribution is -2.01. The van der Waals surface area contributed by atoms with Crippen LogP contribution in [0.1, 0.15) is 36.6 Å². The second kappa shape index (κ2) is 13.2. The van der Waals surface area contributed by atoms with Crippen LogP contribution in [-0.2, 0) is 0 Å². The molecule has 0 aliphatic rings. The molecule has 2 rings (SSSR count). The van der Waals surface area contributed by atoms with Crippen LogP contribution in [0.5, 0.6) is 0 Å². The summed E-state index contributed by atoms with van der Waals surface area (Å²) in [6, 6.07) is 3.81. The molecular weight excluding hydrogens is 582 g/mol. The molecule has 23 heavy (non-hydrogen) atoms. The largest absolute Gasteiger partial charge is 0.397 e. The van der Waals surface area contributed by atoms with E-state index in [1.54, 1.807) is 12.4 Å². The minimum Gasteiger partial charge on any atom is -0.397 e. The molecule has 0 amide bonds. The molecule has 0 aliphatic heterocycles. The number of nitrogens with zero attached hydrogens (tertiary/aromatic N) is 2. The summed E-state index contributed by atoms with van der Waals surface area (Å²) < 4.78 is 0.725. The highest BCUT2D eigenvalue weighted by molar-refractivity contribution is 14.1. The first-order valence-corrected chi connectivity index (χ1v) is 9.75. The Balaban J connectivity index is 0. The summed E-state index contributed by atoms with van der Waals surface area (Å²) in [6.45, 7) is 8.14. The normalized spacial score (nSPS) is 9.04. The monoisotopic (exact) mass is 606 g/mol. The maximum atomic E-state index is 5.82. The molecule has 0 saturated carbocycles. The maximum absolute atomic E-state index is 5.82. The number of alkyl halides is 1. The average molecular weight is 607 g/mol. The number of aromatic nitrogens is 2. The fourth-order valence-corrected chi connectivity index (χ4v) is 2.02. The van der Waals surface area contributed by atoms with E-state index < -0.39 is 0 Å². The van der Waals surface area contributed by atoms with Crippen LogP contribution in [0.4, 0.5) is 11.4 Å². The van der Waals surface area contributed by atoms with E-state index in [4.69, 9.17) is 11.5 Å². The third-order valence-corrected chi connectivity index (χ3v) is 3.58. The summed E-state index contributed by atoms with van der Waals surface area (Å²) >= 11 is 5.36. The van der Waals surface area contributed by atoms with Gasteiger partial charge in [0.05, 0.1) is 17.1 Å². The van der Waals surface area contributed by atoms with Crippen LogP contribution in [-0.4, -0.2) is 14.9 Å². The van der Waals surface area contributed by atoms with E-state index >= 15 is 0 Å². The number of aryl methyl sites for hydroxylation is 2. The van der Waals surface area contributed by atoms with Gasteiger partial charge >= 0.3 is 0 Å². The van der Waals surface area contributed by atoms with Gasteiger partial charge in [-0.05, 0) is 63.9 Å². The predicted molar refractivity (Wildman–Crippen MR) is 124 cm³/mol. The Bertz CT molecular complexity index is 572. The molecule has 0 aliphatic carbocycles. The molecule has 2 aromatic rings. The topological polar surface area (TPSA) is 77.8 Å². The number of hydrogen-bond acceptors (Lipinski definition) is 4. The summed E-state index contributed by atoms with van der Waals surface area (Å²) in [5, 5.41) is 0. The van der Waals surface area contributed by atoms with Gasteiger partial charge in [0, 0.05) is 12.4 Å². The Kier molecular flexibility index (Phi) is 14.4. The quantitative estimate of drug-likeness (QED) is 0.255. The number of anilines is 2. The van der Waals surface area contributed by atoms with E-state index in [1.807, 2.05) is 30.9 Å². The molecule has 2 heterocycles. The zero-order valence-electron chi connectivity index (χ0n) is 14.1. The SMILES string of the molecule is CI.Cc1ccnc(Br)c1N.Cc1ccnc(C(C)C)c1N.I. The molecule has 0 fully saturated rings. The highest BCUT2D eigenvalue weighted by Gasteiger charge is 2.05. The first-order chi connectivity index (χ1) is 10.3. The summed E-state index contributed by atoms with van der Waals surface area (Å²) in [5.74, 6) is 0.412. The van der Waals surface area contributed by atoms with Crippen molar-refractivity contribution in [1.82, 2.24) is 9.97 Å². The van der Waals surface area contributed by atoms with E-state index in [2.05, 4.69) is 62.3 Å². The van der Waals surface area contributed by atoms with Crippen LogP contribution in [0.25, 0.3) is 0 Å². The summed E-state index contributed by atoms with van der Waals surface area (Å²) in [5.41, 5.74) is 16.1. The lowest BCUT2D eigenvalue weighted by Gasteiger charge is -2.09. The van der Waals surface area contributed by atoms with Gasteiger partial charge in [-0.25, -0.2) is 4.98 Å². The molecule has 0 radical (unpaired) electrons. The lowest BCUT2D eigenvalue weighted by molar-refractivity contribution is 0.825. The van der Waals surface area contributed by atoms with Gasteiger partial charge in [0.1, 0.15) is 4.60 Å². The summed E-state index contributed by atoms with van der Waals surface area (Å²) in [6.07, 6.45) is 3.52. The van der Waals surface area contributed by atoms with Crippen molar-refractivity contribution in [2.75, 3.05) is 16.4 Å². The summed E-state index contributed by atoms with van der Waals surface area (Å²) in [7, 11) is 0. The number of halogens is 3. The van der Waals surface area contributed by atoms with Crippen LogP contribution in [0.2, 0.25) is 0 Å². The predicted octanol–water partition coefficient (Wildman–Crippen LogP) is 5.50. The van der Waals surface area contributed by atoms with Crippen molar-refractivity contribution in [2.45, 2.75) is 33.6 Å². The molecule has 0 saturated heterocycles. The van der Waals surface area contributed by atoms with Crippen molar-refractivity contribution >= 4 is 73.9 Å². The van der Waals surface area contributed by atoms with Crippen molar-refractivity contribution < 1.29 is 0 Å². The van der Waals surface area contributed by atoms with Gasteiger partial charge in [0.2, 0.25) is 0 Å². The minimum absolute atomic E-state index is 0. The van der Waals surface area contributed by atoms with Crippen molar-refractivity contribution in [3.05, 3.63) is 46.0 Å². The minimum atomic E-state index is 0. The first-order valence-electron chi connectivity index (χ1n) is 6.80. The molecule has 0 unspecified atom stereocenters. The molecule has 4 nitrogen and oxygen atoms in total. The van der Waals surface area contributed by atoms with E-state index in [9.17, 15) is 0 Å². The second-order valence-electron chi connectivity index (χ2n) is 4.91. The van der Waals surface area contributed by atoms with Crippen molar-refractivity contribution in [2.24, 2.45) is 0 Å². The van der Waals surface area contributed by atoms with Crippen molar-refractivity contribution in [1.29, 1.82) is 0 Å². The molecule has 0 atom stereocenters. The summed E-state index contributed by atoms with van der Waals surface area (Å²) in [4.78, 5) is 10.1. The van der Waals surface area contributed by atoms with Crippen LogP contribution in [0, 0.1) is 13.8 Å². The Morgan fingerprint density at radius 1 is 0.957 bits per heavy atom. The lowest BCUT2D eigenvalue weighted by atomic mass is 10.1. The van der Waals surface area contributed by atoms with E-state index in [0.717, 1.165) is 32.8 Å². The molecule has 0 spiro atoms. The fourth-order valence-electron chi connectivity index (χ4n) is 1.59. The third kappa shape index (κ3) is 8.48. The van der Waals surface area contributed by atoms with Crippen molar-refractivity contribution in [3.63, 3.8) is 0 Å². The zero-order chi connectivity index (χ0) is 17.3. The molecule has 7 heteroatoms. The third-order valence-electron chi connectivity index (χ3n) is 2.95. The van der Waals surface area contributed by atoms with E-state index in [1.165, 1.54) is 0 Å². The molecule has 2 aromatic heterocycles. The van der Waals surface area contributed by atoms with Crippen LogP contribution >= 0.6 is 62.5 Å². The second-order valence-corrected chi connectivity index (χ2v) is 5.66. The Morgan fingerprint density at radius 2 is 1.39 bits per heavy atom. The Hall–Kier alpha value is -0.160. The van der Waals surface area contributed by atoms with Crippen LogP contribution in [0.3, 0.4) is 0 Å². The Morgan fingerprint density at radius 3 is 1.74 bits per heavy atom. The first kappa shape index (κ1) is 25.1. The molecule has 0 aromatic carbocycles. The van der Waals surface area contributed by atoms with Gasteiger partial charge < -0.3 is 11.5 Å².